The topological polar surface area (TPSA) is 50.4 Å². The number of anilines is 2. The monoisotopic (exact) mass is 402 g/mol. The predicted molar refractivity (Wildman–Crippen MR) is 124 cm³/mol. The van der Waals surface area contributed by atoms with E-state index in [0.29, 0.717) is 6.61 Å². The van der Waals surface area contributed by atoms with E-state index in [1.165, 1.54) is 5.56 Å². The molecule has 0 atom stereocenters. The van der Waals surface area contributed by atoms with Crippen molar-refractivity contribution in [2.24, 2.45) is 0 Å². The Kier molecular flexibility index (Phi) is 7.90. The molecule has 0 unspecified atom stereocenters. The van der Waals surface area contributed by atoms with Crippen LogP contribution in [0.15, 0.2) is 72.8 Å². The Morgan fingerprint density at radius 1 is 0.933 bits per heavy atom. The van der Waals surface area contributed by atoms with Gasteiger partial charge in [-0.2, -0.15) is 0 Å². The van der Waals surface area contributed by atoms with Crippen molar-refractivity contribution >= 4 is 17.3 Å². The van der Waals surface area contributed by atoms with E-state index in [-0.39, 0.29) is 12.5 Å². The van der Waals surface area contributed by atoms with Gasteiger partial charge in [-0.1, -0.05) is 67.6 Å². The highest BCUT2D eigenvalue weighted by Crippen LogP contribution is 2.24. The molecule has 4 heteroatoms. The van der Waals surface area contributed by atoms with Crippen LogP contribution in [0, 0.1) is 6.92 Å². The van der Waals surface area contributed by atoms with Crippen LogP contribution in [0.3, 0.4) is 0 Å². The summed E-state index contributed by atoms with van der Waals surface area (Å²) in [7, 11) is 0. The van der Waals surface area contributed by atoms with Crippen molar-refractivity contribution in [1.82, 2.24) is 0 Å². The van der Waals surface area contributed by atoms with E-state index in [9.17, 15) is 4.79 Å². The lowest BCUT2D eigenvalue weighted by Crippen LogP contribution is -2.23. The molecule has 3 rings (SSSR count). The molecule has 0 fully saturated rings. The number of carbonyl (C=O) groups is 1. The molecule has 1 amide bonds. The lowest BCUT2D eigenvalue weighted by Gasteiger charge is -2.15. The highest BCUT2D eigenvalue weighted by Gasteiger charge is 2.10. The van der Waals surface area contributed by atoms with Gasteiger partial charge in [0, 0.05) is 5.69 Å². The molecule has 0 aliphatic rings. The number of hydrogen-bond donors (Lipinski definition) is 2. The quantitative estimate of drug-likeness (QED) is 0.433. The largest absolute Gasteiger partial charge is 0.491 e. The van der Waals surface area contributed by atoms with Crippen LogP contribution in [-0.2, 0) is 17.6 Å². The molecule has 4 nitrogen and oxygen atoms in total. The van der Waals surface area contributed by atoms with E-state index in [1.54, 1.807) is 0 Å². The maximum Gasteiger partial charge on any atom is 0.243 e. The minimum atomic E-state index is -0.0714. The first-order valence-corrected chi connectivity index (χ1v) is 10.6. The van der Waals surface area contributed by atoms with Crippen LogP contribution >= 0.6 is 0 Å². The van der Waals surface area contributed by atoms with Gasteiger partial charge in [0.25, 0.3) is 0 Å². The van der Waals surface area contributed by atoms with Crippen LogP contribution in [0.4, 0.5) is 11.4 Å². The van der Waals surface area contributed by atoms with Crippen LogP contribution in [0.1, 0.15) is 30.0 Å². The number of rotatable bonds is 10. The van der Waals surface area contributed by atoms with Gasteiger partial charge in [0.15, 0.2) is 0 Å². The smallest absolute Gasteiger partial charge is 0.243 e. The van der Waals surface area contributed by atoms with E-state index in [4.69, 9.17) is 4.74 Å². The average molecular weight is 403 g/mol. The zero-order valence-electron chi connectivity index (χ0n) is 17.8. The Morgan fingerprint density at radius 2 is 1.70 bits per heavy atom. The lowest BCUT2D eigenvalue weighted by molar-refractivity contribution is -0.114. The molecule has 3 aromatic rings. The van der Waals surface area contributed by atoms with Crippen LogP contribution in [-0.4, -0.2) is 19.1 Å². The predicted octanol–water partition coefficient (Wildman–Crippen LogP) is 5.62. The molecule has 0 radical (unpaired) electrons. The van der Waals surface area contributed by atoms with Gasteiger partial charge in [-0.3, -0.25) is 4.79 Å². The van der Waals surface area contributed by atoms with Crippen molar-refractivity contribution in [3.8, 4) is 5.75 Å². The van der Waals surface area contributed by atoms with Gasteiger partial charge in [0.05, 0.1) is 18.8 Å². The Hall–Kier alpha value is -3.27. The first-order valence-electron chi connectivity index (χ1n) is 10.6. The second-order valence-corrected chi connectivity index (χ2v) is 7.30. The normalized spacial score (nSPS) is 10.5. The molecule has 0 aromatic heterocycles. The molecule has 3 aromatic carbocycles. The van der Waals surface area contributed by atoms with Crippen LogP contribution in [0.25, 0.3) is 0 Å². The zero-order valence-corrected chi connectivity index (χ0v) is 17.8. The molecular weight excluding hydrogens is 372 g/mol. The third-order valence-electron chi connectivity index (χ3n) is 5.04. The molecule has 0 spiro atoms. The van der Waals surface area contributed by atoms with E-state index in [0.717, 1.165) is 47.5 Å². The number of carbonyl (C=O) groups excluding carboxylic acids is 1. The van der Waals surface area contributed by atoms with Gasteiger partial charge < -0.3 is 15.4 Å². The molecule has 0 heterocycles. The second-order valence-electron chi connectivity index (χ2n) is 7.30. The Bertz CT molecular complexity index is 954. The number of amides is 1. The van der Waals surface area contributed by atoms with Gasteiger partial charge in [0.1, 0.15) is 5.75 Å². The number of nitrogens with one attached hydrogen (secondary N) is 2. The molecule has 2 N–H and O–H groups in total. The summed E-state index contributed by atoms with van der Waals surface area (Å²) in [5, 5.41) is 6.26. The lowest BCUT2D eigenvalue weighted by atomic mass is 10.1. The number of ether oxygens (including phenoxy) is 1. The van der Waals surface area contributed by atoms with Gasteiger partial charge >= 0.3 is 0 Å². The minimum absolute atomic E-state index is 0.0714. The summed E-state index contributed by atoms with van der Waals surface area (Å²) in [5.74, 6) is 0.696. The summed E-state index contributed by atoms with van der Waals surface area (Å²) in [5.41, 5.74) is 5.27. The van der Waals surface area contributed by atoms with Crippen LogP contribution in [0.5, 0.6) is 5.75 Å². The van der Waals surface area contributed by atoms with Gasteiger partial charge in [-0.25, -0.2) is 0 Å². The average Bonchev–Trinajstić information content (AvgIpc) is 2.78. The Balaban J connectivity index is 1.51. The molecule has 0 saturated carbocycles. The first-order chi connectivity index (χ1) is 14.7. The fraction of sp³-hybridized carbons (Fsp3) is 0.269. The summed E-state index contributed by atoms with van der Waals surface area (Å²) in [4.78, 5) is 12.5. The number of benzene rings is 3. The zero-order chi connectivity index (χ0) is 21.2. The van der Waals surface area contributed by atoms with E-state index in [1.807, 2.05) is 49.4 Å². The maximum atomic E-state index is 12.5. The number of para-hydroxylation sites is 3. The van der Waals surface area contributed by atoms with Crippen LogP contribution < -0.4 is 15.4 Å². The van der Waals surface area contributed by atoms with E-state index >= 15 is 0 Å². The van der Waals surface area contributed by atoms with E-state index < -0.39 is 0 Å². The van der Waals surface area contributed by atoms with E-state index in [2.05, 4.69) is 47.9 Å². The van der Waals surface area contributed by atoms with Gasteiger partial charge in [-0.05, 0) is 55.0 Å². The highest BCUT2D eigenvalue weighted by molar-refractivity contribution is 5.95. The number of hydrogen-bond acceptors (Lipinski definition) is 3. The third kappa shape index (κ3) is 6.11. The van der Waals surface area contributed by atoms with Crippen molar-refractivity contribution in [3.05, 3.63) is 89.5 Å². The second kappa shape index (κ2) is 11.1. The Morgan fingerprint density at radius 3 is 2.50 bits per heavy atom. The van der Waals surface area contributed by atoms with Crippen molar-refractivity contribution in [3.63, 3.8) is 0 Å². The maximum absolute atomic E-state index is 12.5. The van der Waals surface area contributed by atoms with Crippen molar-refractivity contribution in [2.75, 3.05) is 23.8 Å². The molecule has 0 saturated heterocycles. The SMILES string of the molecule is CCc1cccc(C)c1NC(=O)CNc1ccccc1OCCCc1ccccc1. The van der Waals surface area contributed by atoms with Crippen LogP contribution in [0.2, 0.25) is 0 Å². The number of aryl methyl sites for hydroxylation is 3. The van der Waals surface area contributed by atoms with Crippen molar-refractivity contribution in [1.29, 1.82) is 0 Å². The fourth-order valence-electron chi connectivity index (χ4n) is 3.40. The molecule has 0 aliphatic heterocycles. The first kappa shape index (κ1) is 21.4. The summed E-state index contributed by atoms with van der Waals surface area (Å²) in [6.07, 6.45) is 2.80. The van der Waals surface area contributed by atoms with Crippen molar-refractivity contribution < 1.29 is 9.53 Å². The Labute approximate surface area is 179 Å². The molecule has 0 aliphatic carbocycles. The van der Waals surface area contributed by atoms with Gasteiger partial charge in [0.2, 0.25) is 5.91 Å². The molecule has 0 bridgehead atoms. The summed E-state index contributed by atoms with van der Waals surface area (Å²) in [6, 6.07) is 24.2. The standard InChI is InChI=1S/C26H30N2O2/c1-3-22-15-9-11-20(2)26(22)28-25(29)19-27-23-16-7-8-17-24(23)30-18-10-14-21-12-5-4-6-13-21/h4-9,11-13,15-17,27H,3,10,14,18-19H2,1-2H3,(H,28,29). The van der Waals surface area contributed by atoms with Gasteiger partial charge in [-0.15, -0.1) is 0 Å². The van der Waals surface area contributed by atoms with Crippen molar-refractivity contribution in [2.45, 2.75) is 33.1 Å². The molecular formula is C26H30N2O2. The molecule has 156 valence electrons. The minimum Gasteiger partial charge on any atom is -0.491 e. The molecule has 30 heavy (non-hydrogen) atoms. The fourth-order valence-corrected chi connectivity index (χ4v) is 3.40. The summed E-state index contributed by atoms with van der Waals surface area (Å²) >= 11 is 0. The third-order valence-corrected chi connectivity index (χ3v) is 5.04. The summed E-state index contributed by atoms with van der Waals surface area (Å²) in [6.45, 7) is 4.92. The summed E-state index contributed by atoms with van der Waals surface area (Å²) < 4.78 is 5.97. The highest BCUT2D eigenvalue weighted by atomic mass is 16.5.